The molecular weight excluding hydrogens is 288 g/mol. The molecule has 2 fully saturated rings. The molecule has 0 aromatic carbocycles. The van der Waals surface area contributed by atoms with E-state index < -0.39 is 0 Å². The third kappa shape index (κ3) is 1.87. The third-order valence-corrected chi connectivity index (χ3v) is 5.03. The number of aromatic nitrogens is 4. The Morgan fingerprint density at radius 3 is 2.81 bits per heavy atom. The molecule has 114 valence electrons. The lowest BCUT2D eigenvalue weighted by atomic mass is 9.95. The molecule has 2 saturated heterocycles. The van der Waals surface area contributed by atoms with E-state index in [2.05, 4.69) is 16.6 Å². The van der Waals surface area contributed by atoms with Gasteiger partial charge in [0.15, 0.2) is 5.65 Å². The Balaban J connectivity index is 1.94. The quantitative estimate of drug-likeness (QED) is 0.817. The minimum absolute atomic E-state index is 0.110. The van der Waals surface area contributed by atoms with Crippen LogP contribution in [0.4, 0.5) is 0 Å². The number of hydrogen-bond donors (Lipinski definition) is 0. The molecule has 0 radical (unpaired) electrons. The maximum atomic E-state index is 6.41. The minimum Gasteiger partial charge on any atom is -0.373 e. The molecule has 2 aromatic heterocycles. The zero-order valence-electron chi connectivity index (χ0n) is 12.7. The highest BCUT2D eigenvalue weighted by molar-refractivity contribution is 6.20. The van der Waals surface area contributed by atoms with Crippen molar-refractivity contribution in [2.75, 3.05) is 0 Å². The van der Waals surface area contributed by atoms with Gasteiger partial charge in [-0.2, -0.15) is 5.10 Å². The highest BCUT2D eigenvalue weighted by Crippen LogP contribution is 2.44. The molecule has 0 spiro atoms. The molecule has 5 nitrogen and oxygen atoms in total. The van der Waals surface area contributed by atoms with Crippen LogP contribution in [0.3, 0.4) is 0 Å². The average Bonchev–Trinajstić information content (AvgIpc) is 3.18. The van der Waals surface area contributed by atoms with E-state index in [0.717, 1.165) is 42.1 Å². The van der Waals surface area contributed by atoms with Crippen molar-refractivity contribution in [1.29, 1.82) is 0 Å². The average molecular weight is 309 g/mol. The number of ether oxygens (including phenoxy) is 1. The van der Waals surface area contributed by atoms with Crippen molar-refractivity contribution < 1.29 is 4.74 Å². The Labute approximate surface area is 129 Å². The first-order chi connectivity index (χ1) is 10.1. The van der Waals surface area contributed by atoms with Crippen LogP contribution < -0.4 is 0 Å². The van der Waals surface area contributed by atoms with Crippen LogP contribution in [0.1, 0.15) is 56.0 Å². The smallest absolute Gasteiger partial charge is 0.159 e. The van der Waals surface area contributed by atoms with Gasteiger partial charge in [0.25, 0.3) is 0 Å². The van der Waals surface area contributed by atoms with E-state index in [9.17, 15) is 0 Å². The largest absolute Gasteiger partial charge is 0.373 e. The Kier molecular flexibility index (Phi) is 3.05. The van der Waals surface area contributed by atoms with Crippen molar-refractivity contribution in [2.24, 2.45) is 0 Å². The number of fused-ring (bicyclic) bond motifs is 3. The molecule has 0 saturated carbocycles. The van der Waals surface area contributed by atoms with Gasteiger partial charge in [0.2, 0.25) is 0 Å². The molecule has 4 unspecified atom stereocenters. The van der Waals surface area contributed by atoms with Gasteiger partial charge in [-0.25, -0.2) is 9.67 Å². The van der Waals surface area contributed by atoms with Crippen molar-refractivity contribution >= 4 is 22.8 Å². The summed E-state index contributed by atoms with van der Waals surface area (Å²) in [6.45, 7) is 6.97. The van der Waals surface area contributed by atoms with E-state index in [-0.39, 0.29) is 5.38 Å². The predicted octanol–water partition coefficient (Wildman–Crippen LogP) is 3.35. The molecule has 6 heteroatoms. The zero-order valence-corrected chi connectivity index (χ0v) is 13.5. The number of halogens is 1. The first-order valence-electron chi connectivity index (χ1n) is 7.85. The summed E-state index contributed by atoms with van der Waals surface area (Å²) in [5, 5.41) is 4.50. The van der Waals surface area contributed by atoms with Crippen molar-refractivity contribution in [1.82, 2.24) is 19.3 Å². The molecule has 0 aliphatic carbocycles. The van der Waals surface area contributed by atoms with Gasteiger partial charge < -0.3 is 9.30 Å². The lowest BCUT2D eigenvalue weighted by Crippen LogP contribution is -2.24. The van der Waals surface area contributed by atoms with Crippen LogP contribution >= 0.6 is 11.6 Å². The van der Waals surface area contributed by atoms with Crippen molar-refractivity contribution in [2.45, 2.75) is 70.2 Å². The topological polar surface area (TPSA) is 44.9 Å². The van der Waals surface area contributed by atoms with Crippen LogP contribution in [-0.4, -0.2) is 31.5 Å². The molecule has 2 aliphatic heterocycles. The highest BCUT2D eigenvalue weighted by atomic mass is 35.5. The minimum atomic E-state index is -0.110. The second-order valence-electron chi connectivity index (χ2n) is 6.21. The summed E-state index contributed by atoms with van der Waals surface area (Å²) in [7, 11) is 0. The second kappa shape index (κ2) is 4.71. The van der Waals surface area contributed by atoms with E-state index in [1.807, 2.05) is 18.5 Å². The van der Waals surface area contributed by atoms with Gasteiger partial charge in [0.05, 0.1) is 29.3 Å². The summed E-state index contributed by atoms with van der Waals surface area (Å²) < 4.78 is 10.4. The molecule has 2 aliphatic rings. The van der Waals surface area contributed by atoms with Crippen LogP contribution in [0.2, 0.25) is 0 Å². The van der Waals surface area contributed by atoms with Gasteiger partial charge >= 0.3 is 0 Å². The van der Waals surface area contributed by atoms with Crippen molar-refractivity contribution in [3.8, 4) is 0 Å². The Morgan fingerprint density at radius 2 is 2.24 bits per heavy atom. The predicted molar refractivity (Wildman–Crippen MR) is 81.7 cm³/mol. The summed E-state index contributed by atoms with van der Waals surface area (Å²) in [6.07, 6.45) is 4.12. The zero-order chi connectivity index (χ0) is 14.7. The fraction of sp³-hybridized carbons (Fsp3) is 0.733. The maximum absolute atomic E-state index is 6.41. The Morgan fingerprint density at radius 1 is 1.43 bits per heavy atom. The SMILES string of the molecule is CCn1nc(C)c2nc(C(C)Cl)n(C3CC4CCC3O4)c21. The summed E-state index contributed by atoms with van der Waals surface area (Å²) in [6, 6.07) is 0.353. The fourth-order valence-corrected chi connectivity index (χ4v) is 4.07. The monoisotopic (exact) mass is 308 g/mol. The van der Waals surface area contributed by atoms with Crippen LogP contribution in [0.15, 0.2) is 0 Å². The van der Waals surface area contributed by atoms with Gasteiger partial charge in [-0.3, -0.25) is 0 Å². The van der Waals surface area contributed by atoms with Gasteiger partial charge in [-0.05, 0) is 40.0 Å². The van der Waals surface area contributed by atoms with E-state index >= 15 is 0 Å². The van der Waals surface area contributed by atoms with Crippen molar-refractivity contribution in [3.05, 3.63) is 11.5 Å². The number of hydrogen-bond acceptors (Lipinski definition) is 3. The summed E-state index contributed by atoms with van der Waals surface area (Å²) in [4.78, 5) is 4.80. The molecule has 4 rings (SSSR count). The van der Waals surface area contributed by atoms with E-state index in [0.29, 0.717) is 18.2 Å². The van der Waals surface area contributed by atoms with Gasteiger partial charge in [-0.15, -0.1) is 11.6 Å². The number of alkyl halides is 1. The van der Waals surface area contributed by atoms with E-state index in [4.69, 9.17) is 21.3 Å². The normalized spacial score (nSPS) is 29.6. The summed E-state index contributed by atoms with van der Waals surface area (Å²) in [5.41, 5.74) is 3.08. The summed E-state index contributed by atoms with van der Waals surface area (Å²) in [5.74, 6) is 0.954. The Bertz CT molecular complexity index is 689. The first-order valence-corrected chi connectivity index (χ1v) is 8.28. The van der Waals surface area contributed by atoms with Crippen LogP contribution in [-0.2, 0) is 11.3 Å². The number of imidazole rings is 1. The fourth-order valence-electron chi connectivity index (χ4n) is 3.92. The van der Waals surface area contributed by atoms with Gasteiger partial charge in [-0.1, -0.05) is 0 Å². The highest BCUT2D eigenvalue weighted by Gasteiger charge is 2.43. The maximum Gasteiger partial charge on any atom is 0.159 e. The molecule has 2 bridgehead atoms. The molecule has 4 heterocycles. The van der Waals surface area contributed by atoms with Crippen LogP contribution in [0.5, 0.6) is 0 Å². The first kappa shape index (κ1) is 13.6. The second-order valence-corrected chi connectivity index (χ2v) is 6.86. The third-order valence-electron chi connectivity index (χ3n) is 4.83. The van der Waals surface area contributed by atoms with E-state index in [1.165, 1.54) is 6.42 Å². The summed E-state index contributed by atoms with van der Waals surface area (Å²) >= 11 is 6.41. The van der Waals surface area contributed by atoms with E-state index in [1.54, 1.807) is 0 Å². The van der Waals surface area contributed by atoms with Gasteiger partial charge in [0.1, 0.15) is 11.3 Å². The molecule has 2 aromatic rings. The molecule has 0 amide bonds. The lowest BCUT2D eigenvalue weighted by Gasteiger charge is -2.24. The van der Waals surface area contributed by atoms with Gasteiger partial charge in [0, 0.05) is 6.54 Å². The number of aryl methyl sites for hydroxylation is 2. The van der Waals surface area contributed by atoms with Crippen LogP contribution in [0, 0.1) is 6.92 Å². The molecule has 4 atom stereocenters. The molecular formula is C15H21ClN4O. The molecule has 0 N–H and O–H groups in total. The van der Waals surface area contributed by atoms with Crippen molar-refractivity contribution in [3.63, 3.8) is 0 Å². The number of rotatable bonds is 3. The Hall–Kier alpha value is -1.07. The lowest BCUT2D eigenvalue weighted by molar-refractivity contribution is 0.0938. The standard InChI is InChI=1S/C15H21ClN4O/c1-4-19-15-13(9(3)18-19)17-14(8(2)16)20(15)11-7-10-5-6-12(11)21-10/h8,10-12H,4-7H2,1-3H3. The number of nitrogens with zero attached hydrogens (tertiary/aromatic N) is 4. The molecule has 21 heavy (non-hydrogen) atoms. The van der Waals surface area contributed by atoms with Crippen LogP contribution in [0.25, 0.3) is 11.2 Å².